The highest BCUT2D eigenvalue weighted by atomic mass is 19.1. The molecule has 0 aliphatic heterocycles. The average Bonchev–Trinajstić information content (AvgIpc) is 2.26. The SMILES string of the molecule is Cc1cc(F)c(C(O)C(O)CO)cc1[N+](=O)[O-]. The molecule has 0 aliphatic rings. The fourth-order valence-electron chi connectivity index (χ4n) is 1.41. The van der Waals surface area contributed by atoms with Crippen molar-refractivity contribution in [3.8, 4) is 0 Å². The smallest absolute Gasteiger partial charge is 0.272 e. The van der Waals surface area contributed by atoms with E-state index in [0.29, 0.717) is 0 Å². The molecule has 1 aromatic rings. The Kier molecular flexibility index (Phi) is 4.11. The van der Waals surface area contributed by atoms with Crippen molar-refractivity contribution in [2.45, 2.75) is 19.1 Å². The topological polar surface area (TPSA) is 104 Å². The lowest BCUT2D eigenvalue weighted by Gasteiger charge is -2.16. The molecule has 0 saturated carbocycles. The summed E-state index contributed by atoms with van der Waals surface area (Å²) in [5.41, 5.74) is -0.656. The average molecular weight is 245 g/mol. The Bertz CT molecular complexity index is 437. The number of hydrogen-bond acceptors (Lipinski definition) is 5. The van der Waals surface area contributed by atoms with Gasteiger partial charge in [0.2, 0.25) is 0 Å². The molecule has 0 bridgehead atoms. The molecular weight excluding hydrogens is 233 g/mol. The van der Waals surface area contributed by atoms with Crippen LogP contribution in [0.5, 0.6) is 0 Å². The molecule has 6 nitrogen and oxygen atoms in total. The van der Waals surface area contributed by atoms with Gasteiger partial charge in [-0.3, -0.25) is 10.1 Å². The standard InChI is InChI=1S/C10H12FNO5/c1-5-2-7(11)6(3-8(5)12(16)17)10(15)9(14)4-13/h2-3,9-10,13-15H,4H2,1H3. The van der Waals surface area contributed by atoms with Gasteiger partial charge in [-0.2, -0.15) is 0 Å². The van der Waals surface area contributed by atoms with Crippen molar-refractivity contribution in [2.24, 2.45) is 0 Å². The molecule has 2 atom stereocenters. The highest BCUT2D eigenvalue weighted by molar-refractivity contribution is 5.44. The number of aliphatic hydroxyl groups is 3. The van der Waals surface area contributed by atoms with Gasteiger partial charge in [-0.1, -0.05) is 0 Å². The minimum atomic E-state index is -1.71. The summed E-state index contributed by atoms with van der Waals surface area (Å²) in [7, 11) is 0. The zero-order valence-electron chi connectivity index (χ0n) is 9.00. The van der Waals surface area contributed by atoms with Gasteiger partial charge in [0.25, 0.3) is 5.69 Å². The first kappa shape index (κ1) is 13.5. The lowest BCUT2D eigenvalue weighted by Crippen LogP contribution is -2.23. The van der Waals surface area contributed by atoms with Crippen molar-refractivity contribution < 1.29 is 24.6 Å². The largest absolute Gasteiger partial charge is 0.394 e. The molecule has 0 amide bonds. The van der Waals surface area contributed by atoms with Crippen LogP contribution in [0.25, 0.3) is 0 Å². The summed E-state index contributed by atoms with van der Waals surface area (Å²) in [6.07, 6.45) is -3.30. The molecule has 0 aromatic heterocycles. The van der Waals surface area contributed by atoms with Crippen LogP contribution in [0.2, 0.25) is 0 Å². The Morgan fingerprint density at radius 1 is 1.47 bits per heavy atom. The van der Waals surface area contributed by atoms with Crippen LogP contribution in [-0.2, 0) is 0 Å². The third-order valence-electron chi connectivity index (χ3n) is 2.38. The van der Waals surface area contributed by atoms with Gasteiger partial charge < -0.3 is 15.3 Å². The second-order valence-corrected chi connectivity index (χ2v) is 3.61. The lowest BCUT2D eigenvalue weighted by molar-refractivity contribution is -0.385. The molecule has 0 radical (unpaired) electrons. The third kappa shape index (κ3) is 2.76. The third-order valence-corrected chi connectivity index (χ3v) is 2.38. The predicted octanol–water partition coefficient (Wildman–Crippen LogP) is 0.429. The van der Waals surface area contributed by atoms with Gasteiger partial charge in [-0.05, 0) is 13.0 Å². The minimum absolute atomic E-state index is 0.113. The van der Waals surface area contributed by atoms with Gasteiger partial charge in [0, 0.05) is 17.2 Å². The summed E-state index contributed by atoms with van der Waals surface area (Å²) in [4.78, 5) is 9.92. The number of rotatable bonds is 4. The van der Waals surface area contributed by atoms with E-state index in [1.165, 1.54) is 6.92 Å². The Balaban J connectivity index is 3.24. The molecule has 1 rings (SSSR count). The maximum atomic E-state index is 13.5. The summed E-state index contributed by atoms with van der Waals surface area (Å²) in [6.45, 7) is 0.585. The fraction of sp³-hybridized carbons (Fsp3) is 0.400. The summed E-state index contributed by atoms with van der Waals surface area (Å²) in [5, 5.41) is 37.9. The molecular formula is C10H12FNO5. The number of halogens is 1. The van der Waals surface area contributed by atoms with Gasteiger partial charge in [0.05, 0.1) is 11.5 Å². The zero-order chi connectivity index (χ0) is 13.2. The van der Waals surface area contributed by atoms with Gasteiger partial charge >= 0.3 is 0 Å². The monoisotopic (exact) mass is 245 g/mol. The lowest BCUT2D eigenvalue weighted by atomic mass is 10.0. The van der Waals surface area contributed by atoms with Gasteiger partial charge in [-0.15, -0.1) is 0 Å². The van der Waals surface area contributed by atoms with Gasteiger partial charge in [0.15, 0.2) is 0 Å². The number of hydrogen-bond donors (Lipinski definition) is 3. The molecule has 2 unspecified atom stereocenters. The highest BCUT2D eigenvalue weighted by Crippen LogP contribution is 2.27. The van der Waals surface area contributed by atoms with Crippen molar-refractivity contribution >= 4 is 5.69 Å². The number of benzene rings is 1. The van der Waals surface area contributed by atoms with Crippen LogP contribution in [0.15, 0.2) is 12.1 Å². The first-order valence-electron chi connectivity index (χ1n) is 4.80. The molecule has 7 heteroatoms. The van der Waals surface area contributed by atoms with E-state index in [0.717, 1.165) is 12.1 Å². The molecule has 0 spiro atoms. The quantitative estimate of drug-likeness (QED) is 0.527. The highest BCUT2D eigenvalue weighted by Gasteiger charge is 2.24. The Labute approximate surface area is 96.1 Å². The van der Waals surface area contributed by atoms with Crippen molar-refractivity contribution in [3.63, 3.8) is 0 Å². The zero-order valence-corrected chi connectivity index (χ0v) is 9.00. The van der Waals surface area contributed by atoms with Crippen LogP contribution >= 0.6 is 0 Å². The summed E-state index contributed by atoms with van der Waals surface area (Å²) in [5.74, 6) is -0.867. The van der Waals surface area contributed by atoms with E-state index in [9.17, 15) is 19.6 Å². The molecule has 1 aromatic carbocycles. The molecule has 0 fully saturated rings. The number of aliphatic hydroxyl groups excluding tert-OH is 3. The minimum Gasteiger partial charge on any atom is -0.394 e. The Morgan fingerprint density at radius 3 is 2.53 bits per heavy atom. The van der Waals surface area contributed by atoms with Crippen molar-refractivity contribution in [3.05, 3.63) is 39.2 Å². The van der Waals surface area contributed by atoms with Crippen LogP contribution in [0.1, 0.15) is 17.2 Å². The summed E-state index contributed by atoms with van der Waals surface area (Å²) in [6, 6.07) is 1.76. The van der Waals surface area contributed by atoms with Crippen LogP contribution in [0, 0.1) is 22.9 Å². The molecule has 17 heavy (non-hydrogen) atoms. The van der Waals surface area contributed by atoms with Crippen LogP contribution in [-0.4, -0.2) is 33.0 Å². The number of nitrogens with zero attached hydrogens (tertiary/aromatic N) is 1. The van der Waals surface area contributed by atoms with E-state index >= 15 is 0 Å². The normalized spacial score (nSPS) is 14.4. The number of nitro benzene ring substituents is 1. The van der Waals surface area contributed by atoms with Gasteiger partial charge in [0.1, 0.15) is 18.0 Å². The molecule has 94 valence electrons. The second-order valence-electron chi connectivity index (χ2n) is 3.61. The van der Waals surface area contributed by atoms with Crippen LogP contribution in [0.3, 0.4) is 0 Å². The maximum Gasteiger partial charge on any atom is 0.272 e. The predicted molar refractivity (Wildman–Crippen MR) is 55.8 cm³/mol. The van der Waals surface area contributed by atoms with Crippen molar-refractivity contribution in [2.75, 3.05) is 6.61 Å². The first-order chi connectivity index (χ1) is 7.88. The maximum absolute atomic E-state index is 13.5. The van der Waals surface area contributed by atoms with Crippen LogP contribution < -0.4 is 0 Å². The summed E-state index contributed by atoms with van der Waals surface area (Å²) < 4.78 is 13.5. The van der Waals surface area contributed by atoms with E-state index in [1.54, 1.807) is 0 Å². The molecule has 0 heterocycles. The van der Waals surface area contributed by atoms with E-state index in [-0.39, 0.29) is 11.3 Å². The fourth-order valence-corrected chi connectivity index (χ4v) is 1.41. The number of aryl methyl sites for hydroxylation is 1. The number of nitro groups is 1. The second kappa shape index (κ2) is 5.17. The van der Waals surface area contributed by atoms with E-state index < -0.39 is 35.1 Å². The molecule has 0 aliphatic carbocycles. The first-order valence-corrected chi connectivity index (χ1v) is 4.80. The van der Waals surface area contributed by atoms with Gasteiger partial charge in [-0.25, -0.2) is 4.39 Å². The van der Waals surface area contributed by atoms with E-state index in [4.69, 9.17) is 10.2 Å². The Hall–Kier alpha value is -1.57. The Morgan fingerprint density at radius 2 is 2.06 bits per heavy atom. The van der Waals surface area contributed by atoms with E-state index in [2.05, 4.69) is 0 Å². The van der Waals surface area contributed by atoms with E-state index in [1.807, 2.05) is 0 Å². The molecule has 3 N–H and O–H groups in total. The van der Waals surface area contributed by atoms with Crippen LogP contribution in [0.4, 0.5) is 10.1 Å². The molecule has 0 saturated heterocycles. The van der Waals surface area contributed by atoms with Crippen molar-refractivity contribution in [1.82, 2.24) is 0 Å². The van der Waals surface area contributed by atoms with Crippen molar-refractivity contribution in [1.29, 1.82) is 0 Å². The summed E-state index contributed by atoms with van der Waals surface area (Å²) >= 11 is 0.